The minimum absolute atomic E-state index is 0.0128. The Morgan fingerprint density at radius 2 is 2.20 bits per heavy atom. The predicted molar refractivity (Wildman–Crippen MR) is 93.4 cm³/mol. The van der Waals surface area contributed by atoms with Gasteiger partial charge in [0.1, 0.15) is 5.56 Å². The lowest BCUT2D eigenvalue weighted by Crippen LogP contribution is -2.42. The van der Waals surface area contributed by atoms with E-state index in [1.807, 2.05) is 0 Å². The summed E-state index contributed by atoms with van der Waals surface area (Å²) < 4.78 is 0. The molecule has 1 saturated heterocycles. The first-order chi connectivity index (χ1) is 11.9. The third-order valence-electron chi connectivity index (χ3n) is 4.25. The Bertz CT molecular complexity index is 668. The van der Waals surface area contributed by atoms with Gasteiger partial charge in [-0.3, -0.25) is 19.7 Å². The van der Waals surface area contributed by atoms with Crippen molar-refractivity contribution in [1.82, 2.24) is 10.2 Å². The monoisotopic (exact) mass is 368 g/mol. The van der Waals surface area contributed by atoms with Crippen LogP contribution in [0, 0.1) is 16.0 Å². The number of hydrogen-bond acceptors (Lipinski definition) is 5. The molecule has 1 aliphatic heterocycles. The first-order valence-electron chi connectivity index (χ1n) is 8.12. The molecule has 1 aromatic rings. The Morgan fingerprint density at radius 3 is 2.88 bits per heavy atom. The van der Waals surface area contributed by atoms with Crippen molar-refractivity contribution in [3.8, 4) is 0 Å². The zero-order valence-electron chi connectivity index (χ0n) is 13.7. The quantitative estimate of drug-likeness (QED) is 0.430. The van der Waals surface area contributed by atoms with E-state index >= 15 is 0 Å². The maximum Gasteiger partial charge on any atom is 0.283 e. The van der Waals surface area contributed by atoms with Gasteiger partial charge in [0.05, 0.1) is 10.8 Å². The molecule has 2 rings (SSSR count). The summed E-state index contributed by atoms with van der Waals surface area (Å²) in [7, 11) is 0. The molecule has 1 fully saturated rings. The highest BCUT2D eigenvalue weighted by Crippen LogP contribution is 2.23. The van der Waals surface area contributed by atoms with Crippen LogP contribution in [0.4, 0.5) is 5.69 Å². The van der Waals surface area contributed by atoms with Gasteiger partial charge in [-0.05, 0) is 44.5 Å². The minimum atomic E-state index is -0.626. The summed E-state index contributed by atoms with van der Waals surface area (Å²) in [6.07, 6.45) is 2.43. The molecule has 1 aliphatic rings. The number of nitro groups is 1. The van der Waals surface area contributed by atoms with Gasteiger partial charge in [0.15, 0.2) is 0 Å². The van der Waals surface area contributed by atoms with Crippen LogP contribution in [0.5, 0.6) is 0 Å². The molecule has 0 saturated carbocycles. The van der Waals surface area contributed by atoms with Gasteiger partial charge in [0.2, 0.25) is 5.91 Å². The van der Waals surface area contributed by atoms with Crippen molar-refractivity contribution in [2.75, 3.05) is 26.2 Å². The Hall–Kier alpha value is -2.19. The van der Waals surface area contributed by atoms with Gasteiger partial charge >= 0.3 is 0 Å². The number of nitrogens with two attached hydrogens (primary N) is 1. The van der Waals surface area contributed by atoms with E-state index in [0.717, 1.165) is 32.0 Å². The molecule has 1 unspecified atom stereocenters. The third kappa shape index (κ3) is 5.40. The molecular formula is C16H21ClN4O4. The normalized spacial score (nSPS) is 17.9. The Labute approximate surface area is 150 Å². The van der Waals surface area contributed by atoms with Crippen LogP contribution in [0.1, 0.15) is 29.6 Å². The number of amides is 2. The van der Waals surface area contributed by atoms with E-state index in [1.54, 1.807) is 0 Å². The van der Waals surface area contributed by atoms with Gasteiger partial charge in [-0.15, -0.1) is 0 Å². The second kappa shape index (κ2) is 8.77. The van der Waals surface area contributed by atoms with Crippen LogP contribution in [0.3, 0.4) is 0 Å². The highest BCUT2D eigenvalue weighted by atomic mass is 35.5. The number of nitrogens with one attached hydrogen (secondary N) is 1. The highest BCUT2D eigenvalue weighted by molar-refractivity contribution is 6.31. The topological polar surface area (TPSA) is 119 Å². The SMILES string of the molecule is NC(=O)C1CCCN(CCCNC(=O)c2ccc(Cl)cc2[N+](=O)[O-])C1. The Balaban J connectivity index is 1.81. The van der Waals surface area contributed by atoms with E-state index in [1.165, 1.54) is 12.1 Å². The lowest BCUT2D eigenvalue weighted by Gasteiger charge is -2.31. The smallest absolute Gasteiger partial charge is 0.283 e. The molecule has 9 heteroatoms. The van der Waals surface area contributed by atoms with E-state index in [0.29, 0.717) is 19.5 Å². The van der Waals surface area contributed by atoms with Crippen LogP contribution < -0.4 is 11.1 Å². The van der Waals surface area contributed by atoms with Gasteiger partial charge < -0.3 is 16.0 Å². The van der Waals surface area contributed by atoms with Crippen LogP contribution in [0.2, 0.25) is 5.02 Å². The average Bonchev–Trinajstić information content (AvgIpc) is 2.58. The summed E-state index contributed by atoms with van der Waals surface area (Å²) in [5, 5.41) is 13.9. The first-order valence-corrected chi connectivity index (χ1v) is 8.50. The van der Waals surface area contributed by atoms with Crippen LogP contribution in [-0.2, 0) is 4.79 Å². The fourth-order valence-electron chi connectivity index (χ4n) is 2.94. The van der Waals surface area contributed by atoms with Crippen LogP contribution in [-0.4, -0.2) is 47.8 Å². The number of carbonyl (C=O) groups is 2. The lowest BCUT2D eigenvalue weighted by molar-refractivity contribution is -0.385. The zero-order valence-corrected chi connectivity index (χ0v) is 14.5. The third-order valence-corrected chi connectivity index (χ3v) is 4.48. The predicted octanol–water partition coefficient (Wildman–Crippen LogP) is 1.57. The maximum absolute atomic E-state index is 12.1. The van der Waals surface area contributed by atoms with E-state index in [9.17, 15) is 19.7 Å². The first kappa shape index (κ1) is 19.1. The molecule has 1 heterocycles. The fraction of sp³-hybridized carbons (Fsp3) is 0.500. The molecule has 0 spiro atoms. The second-order valence-corrected chi connectivity index (χ2v) is 6.51. The van der Waals surface area contributed by atoms with Crippen LogP contribution in [0.15, 0.2) is 18.2 Å². The summed E-state index contributed by atoms with van der Waals surface area (Å²) in [6.45, 7) is 2.66. The number of halogens is 1. The van der Waals surface area contributed by atoms with Gasteiger partial charge in [0.25, 0.3) is 11.6 Å². The van der Waals surface area contributed by atoms with Crippen molar-refractivity contribution in [2.24, 2.45) is 11.7 Å². The molecular weight excluding hydrogens is 348 g/mol. The Morgan fingerprint density at radius 1 is 1.44 bits per heavy atom. The minimum Gasteiger partial charge on any atom is -0.369 e. The van der Waals surface area contributed by atoms with Gasteiger partial charge in [-0.2, -0.15) is 0 Å². The van der Waals surface area contributed by atoms with Crippen molar-refractivity contribution in [2.45, 2.75) is 19.3 Å². The number of likely N-dealkylation sites (tertiary alicyclic amines) is 1. The molecule has 0 aromatic heterocycles. The van der Waals surface area contributed by atoms with Gasteiger partial charge in [-0.25, -0.2) is 0 Å². The number of carbonyl (C=O) groups excluding carboxylic acids is 2. The van der Waals surface area contributed by atoms with Gasteiger partial charge in [0, 0.05) is 24.2 Å². The second-order valence-electron chi connectivity index (χ2n) is 6.07. The van der Waals surface area contributed by atoms with E-state index in [2.05, 4.69) is 10.2 Å². The van der Waals surface area contributed by atoms with E-state index < -0.39 is 10.8 Å². The van der Waals surface area contributed by atoms with Crippen molar-refractivity contribution in [3.05, 3.63) is 38.9 Å². The number of nitrogens with zero attached hydrogens (tertiary/aromatic N) is 2. The van der Waals surface area contributed by atoms with E-state index in [-0.39, 0.29) is 28.1 Å². The summed E-state index contributed by atoms with van der Waals surface area (Å²) in [4.78, 5) is 35.9. The summed E-state index contributed by atoms with van der Waals surface area (Å²) in [5.41, 5.74) is 5.02. The summed E-state index contributed by atoms with van der Waals surface area (Å²) in [5.74, 6) is -0.884. The molecule has 3 N–H and O–H groups in total. The fourth-order valence-corrected chi connectivity index (χ4v) is 3.10. The van der Waals surface area contributed by atoms with Crippen LogP contribution >= 0.6 is 11.6 Å². The van der Waals surface area contributed by atoms with Crippen molar-refractivity contribution in [3.63, 3.8) is 0 Å². The number of benzene rings is 1. The molecule has 0 aliphatic carbocycles. The van der Waals surface area contributed by atoms with Crippen molar-refractivity contribution >= 4 is 29.1 Å². The molecule has 2 amide bonds. The average molecular weight is 369 g/mol. The maximum atomic E-state index is 12.1. The van der Waals surface area contributed by atoms with Crippen molar-refractivity contribution in [1.29, 1.82) is 0 Å². The largest absolute Gasteiger partial charge is 0.369 e. The van der Waals surface area contributed by atoms with E-state index in [4.69, 9.17) is 17.3 Å². The lowest BCUT2D eigenvalue weighted by atomic mass is 9.97. The summed E-state index contributed by atoms with van der Waals surface area (Å²) in [6, 6.07) is 3.95. The molecule has 136 valence electrons. The van der Waals surface area contributed by atoms with Gasteiger partial charge in [-0.1, -0.05) is 11.6 Å². The molecule has 8 nitrogen and oxygen atoms in total. The number of nitro benzene ring substituents is 1. The van der Waals surface area contributed by atoms with Crippen LogP contribution in [0.25, 0.3) is 0 Å². The molecule has 0 bridgehead atoms. The number of rotatable bonds is 7. The number of piperidine rings is 1. The Kier molecular flexibility index (Phi) is 6.72. The number of hydrogen-bond donors (Lipinski definition) is 2. The molecule has 0 radical (unpaired) electrons. The molecule has 1 aromatic carbocycles. The summed E-state index contributed by atoms with van der Waals surface area (Å²) >= 11 is 5.74. The molecule has 25 heavy (non-hydrogen) atoms. The highest BCUT2D eigenvalue weighted by Gasteiger charge is 2.24. The number of primary amides is 1. The molecule has 1 atom stereocenters. The van der Waals surface area contributed by atoms with Crippen molar-refractivity contribution < 1.29 is 14.5 Å². The standard InChI is InChI=1S/C16H21ClN4O4/c17-12-4-5-13(14(9-12)21(24)25)16(23)19-6-2-8-20-7-1-3-11(10-20)15(18)22/h4-5,9,11H,1-3,6-8,10H2,(H2,18,22)(H,19,23). The zero-order chi connectivity index (χ0) is 18.4.